The highest BCUT2D eigenvalue weighted by atomic mass is 16.5. The summed E-state index contributed by atoms with van der Waals surface area (Å²) in [6.45, 7) is 4.26. The van der Waals surface area contributed by atoms with Crippen LogP contribution in [0.3, 0.4) is 0 Å². The fourth-order valence-corrected chi connectivity index (χ4v) is 3.39. The molecule has 0 unspecified atom stereocenters. The van der Waals surface area contributed by atoms with Crippen LogP contribution in [0.5, 0.6) is 0 Å². The lowest BCUT2D eigenvalue weighted by molar-refractivity contribution is -0.112. The molecule has 0 N–H and O–H groups in total. The van der Waals surface area contributed by atoms with Gasteiger partial charge in [-0.15, -0.1) is 0 Å². The number of carbonyl (C=O) groups is 1. The second-order valence-corrected chi connectivity index (χ2v) is 6.58. The largest absolute Gasteiger partial charge is 0.381 e. The topological polar surface area (TPSA) is 26.3 Å². The molecule has 2 nitrogen and oxygen atoms in total. The van der Waals surface area contributed by atoms with Gasteiger partial charge in [0.05, 0.1) is 0 Å². The van der Waals surface area contributed by atoms with E-state index < -0.39 is 0 Å². The summed E-state index contributed by atoms with van der Waals surface area (Å²) in [7, 11) is 0. The quantitative estimate of drug-likeness (QED) is 0.695. The lowest BCUT2D eigenvalue weighted by Gasteiger charge is -2.28. The monoisotopic (exact) mass is 252 g/mol. The van der Waals surface area contributed by atoms with Crippen molar-refractivity contribution < 1.29 is 9.53 Å². The highest BCUT2D eigenvalue weighted by molar-refractivity contribution is 5.53. The van der Waals surface area contributed by atoms with Crippen molar-refractivity contribution in [2.45, 2.75) is 58.3 Å². The molecular weight excluding hydrogens is 224 g/mol. The van der Waals surface area contributed by atoms with E-state index in [0.29, 0.717) is 11.8 Å². The zero-order valence-electron chi connectivity index (χ0n) is 11.8. The van der Waals surface area contributed by atoms with Gasteiger partial charge in [0.25, 0.3) is 0 Å². The SMILES string of the molecule is CC1CCC(COCC2CCC(C=O)CC2)CC1. The maximum Gasteiger partial charge on any atom is 0.123 e. The van der Waals surface area contributed by atoms with Crippen LogP contribution in [-0.4, -0.2) is 19.5 Å². The summed E-state index contributed by atoms with van der Waals surface area (Å²) >= 11 is 0. The van der Waals surface area contributed by atoms with Crippen LogP contribution in [-0.2, 0) is 9.53 Å². The van der Waals surface area contributed by atoms with Gasteiger partial charge < -0.3 is 9.53 Å². The Morgan fingerprint density at radius 1 is 0.889 bits per heavy atom. The van der Waals surface area contributed by atoms with E-state index in [-0.39, 0.29) is 0 Å². The average Bonchev–Trinajstić information content (AvgIpc) is 2.42. The summed E-state index contributed by atoms with van der Waals surface area (Å²) in [6.07, 6.45) is 11.2. The first kappa shape index (κ1) is 14.0. The lowest BCUT2D eigenvalue weighted by Crippen LogP contribution is -2.22. The van der Waals surface area contributed by atoms with E-state index in [4.69, 9.17) is 4.74 Å². The van der Waals surface area contributed by atoms with Crippen LogP contribution in [0.15, 0.2) is 0 Å². The van der Waals surface area contributed by atoms with Gasteiger partial charge in [-0.25, -0.2) is 0 Å². The van der Waals surface area contributed by atoms with Gasteiger partial charge in [-0.05, 0) is 56.3 Å². The Morgan fingerprint density at radius 2 is 1.39 bits per heavy atom. The third-order valence-electron chi connectivity index (χ3n) is 4.93. The standard InChI is InChI=1S/C16H28O2/c1-13-2-4-15(5-3-13)11-18-12-16-8-6-14(10-17)7-9-16/h10,13-16H,2-9,11-12H2,1H3. The minimum atomic E-state index is 0.334. The zero-order valence-corrected chi connectivity index (χ0v) is 11.8. The highest BCUT2D eigenvalue weighted by Crippen LogP contribution is 2.30. The van der Waals surface area contributed by atoms with Crippen LogP contribution < -0.4 is 0 Å². The minimum Gasteiger partial charge on any atom is -0.381 e. The minimum absolute atomic E-state index is 0.334. The summed E-state index contributed by atoms with van der Waals surface area (Å²) in [4.78, 5) is 10.7. The fourth-order valence-electron chi connectivity index (χ4n) is 3.39. The normalized spacial score (nSPS) is 37.4. The predicted molar refractivity (Wildman–Crippen MR) is 73.5 cm³/mol. The van der Waals surface area contributed by atoms with Crippen LogP contribution in [0.4, 0.5) is 0 Å². The van der Waals surface area contributed by atoms with Crippen molar-refractivity contribution in [2.24, 2.45) is 23.7 Å². The van der Waals surface area contributed by atoms with E-state index in [0.717, 1.165) is 44.2 Å². The molecule has 2 fully saturated rings. The second-order valence-electron chi connectivity index (χ2n) is 6.58. The molecule has 0 amide bonds. The second kappa shape index (κ2) is 7.28. The van der Waals surface area contributed by atoms with E-state index in [9.17, 15) is 4.79 Å². The molecule has 0 aromatic carbocycles. The maximum atomic E-state index is 10.7. The van der Waals surface area contributed by atoms with Crippen LogP contribution in [0.25, 0.3) is 0 Å². The molecule has 0 heterocycles. The molecule has 0 radical (unpaired) electrons. The van der Waals surface area contributed by atoms with Crippen molar-refractivity contribution in [3.8, 4) is 0 Å². The van der Waals surface area contributed by atoms with E-state index in [1.165, 1.54) is 38.5 Å². The van der Waals surface area contributed by atoms with Crippen LogP contribution in [0.2, 0.25) is 0 Å². The van der Waals surface area contributed by atoms with Crippen molar-refractivity contribution in [3.63, 3.8) is 0 Å². The van der Waals surface area contributed by atoms with Gasteiger partial charge in [0.15, 0.2) is 0 Å². The van der Waals surface area contributed by atoms with Crippen molar-refractivity contribution in [1.29, 1.82) is 0 Å². The summed E-state index contributed by atoms with van der Waals surface area (Å²) in [6, 6.07) is 0. The van der Waals surface area contributed by atoms with Crippen LogP contribution in [0.1, 0.15) is 58.3 Å². The van der Waals surface area contributed by atoms with Gasteiger partial charge in [0.1, 0.15) is 6.29 Å². The smallest absolute Gasteiger partial charge is 0.123 e. The number of hydrogen-bond acceptors (Lipinski definition) is 2. The highest BCUT2D eigenvalue weighted by Gasteiger charge is 2.22. The number of rotatable bonds is 5. The van der Waals surface area contributed by atoms with Crippen LogP contribution in [0, 0.1) is 23.7 Å². The van der Waals surface area contributed by atoms with Crippen LogP contribution >= 0.6 is 0 Å². The molecule has 0 saturated heterocycles. The van der Waals surface area contributed by atoms with Crippen molar-refractivity contribution >= 4 is 6.29 Å². The zero-order chi connectivity index (χ0) is 12.8. The first-order chi connectivity index (χ1) is 8.78. The Bertz CT molecular complexity index is 235. The van der Waals surface area contributed by atoms with Crippen molar-refractivity contribution in [3.05, 3.63) is 0 Å². The van der Waals surface area contributed by atoms with E-state index >= 15 is 0 Å². The number of hydrogen-bond donors (Lipinski definition) is 0. The van der Waals surface area contributed by atoms with Crippen molar-refractivity contribution in [1.82, 2.24) is 0 Å². The van der Waals surface area contributed by atoms with E-state index in [1.54, 1.807) is 0 Å². The summed E-state index contributed by atoms with van der Waals surface area (Å²) < 4.78 is 5.93. The number of ether oxygens (including phenoxy) is 1. The molecule has 0 spiro atoms. The molecule has 18 heavy (non-hydrogen) atoms. The summed E-state index contributed by atoms with van der Waals surface area (Å²) in [5.41, 5.74) is 0. The Morgan fingerprint density at radius 3 is 1.89 bits per heavy atom. The third-order valence-corrected chi connectivity index (χ3v) is 4.93. The summed E-state index contributed by atoms with van der Waals surface area (Å²) in [5.74, 6) is 2.79. The molecule has 2 aliphatic rings. The lowest BCUT2D eigenvalue weighted by atomic mass is 9.82. The molecule has 2 aliphatic carbocycles. The number of carbonyl (C=O) groups excluding carboxylic acids is 1. The number of aldehydes is 1. The molecule has 2 rings (SSSR count). The molecule has 0 aliphatic heterocycles. The first-order valence-corrected chi connectivity index (χ1v) is 7.81. The predicted octanol–water partition coefficient (Wildman–Crippen LogP) is 3.83. The molecule has 0 aromatic heterocycles. The van der Waals surface area contributed by atoms with E-state index in [1.807, 2.05) is 0 Å². The van der Waals surface area contributed by atoms with Gasteiger partial charge in [-0.2, -0.15) is 0 Å². The van der Waals surface area contributed by atoms with Gasteiger partial charge >= 0.3 is 0 Å². The molecular formula is C16H28O2. The Kier molecular flexibility index (Phi) is 5.68. The summed E-state index contributed by atoms with van der Waals surface area (Å²) in [5, 5.41) is 0. The first-order valence-electron chi connectivity index (χ1n) is 7.81. The Labute approximate surface area is 111 Å². The van der Waals surface area contributed by atoms with Gasteiger partial charge in [-0.3, -0.25) is 0 Å². The average molecular weight is 252 g/mol. The Balaban J connectivity index is 1.54. The van der Waals surface area contributed by atoms with Crippen molar-refractivity contribution in [2.75, 3.05) is 13.2 Å². The van der Waals surface area contributed by atoms with Gasteiger partial charge in [-0.1, -0.05) is 19.8 Å². The molecule has 2 heteroatoms. The van der Waals surface area contributed by atoms with E-state index in [2.05, 4.69) is 6.92 Å². The maximum absolute atomic E-state index is 10.7. The third kappa shape index (κ3) is 4.38. The van der Waals surface area contributed by atoms with Gasteiger partial charge in [0, 0.05) is 19.1 Å². The fraction of sp³-hybridized carbons (Fsp3) is 0.938. The molecule has 0 atom stereocenters. The molecule has 0 aromatic rings. The molecule has 104 valence electrons. The molecule has 0 bridgehead atoms. The van der Waals surface area contributed by atoms with Gasteiger partial charge in [0.2, 0.25) is 0 Å². The Hall–Kier alpha value is -0.370. The molecule has 2 saturated carbocycles.